The maximum absolute atomic E-state index is 12.7. The molecule has 37 heavy (non-hydrogen) atoms. The third kappa shape index (κ3) is 5.49. The van der Waals surface area contributed by atoms with Crippen LogP contribution in [0, 0.1) is 0 Å². The molecule has 0 radical (unpaired) electrons. The van der Waals surface area contributed by atoms with E-state index in [0.717, 1.165) is 22.6 Å². The van der Waals surface area contributed by atoms with Gasteiger partial charge in [0.05, 0.1) is 28.9 Å². The first-order valence-electron chi connectivity index (χ1n) is 11.6. The quantitative estimate of drug-likeness (QED) is 0.269. The van der Waals surface area contributed by atoms with Crippen molar-refractivity contribution in [3.63, 3.8) is 0 Å². The van der Waals surface area contributed by atoms with Crippen molar-refractivity contribution in [2.45, 2.75) is 20.0 Å². The van der Waals surface area contributed by atoms with Crippen molar-refractivity contribution >= 4 is 39.4 Å². The molecule has 5 rings (SSSR count). The lowest BCUT2D eigenvalue weighted by molar-refractivity contribution is -0.123. The minimum atomic E-state index is -1.02. The van der Waals surface area contributed by atoms with Gasteiger partial charge < -0.3 is 14.5 Å². The molecule has 186 valence electrons. The first kappa shape index (κ1) is 24.1. The van der Waals surface area contributed by atoms with E-state index in [2.05, 4.69) is 25.3 Å². The number of amides is 1. The maximum Gasteiger partial charge on any atom is 0.338 e. The zero-order valence-electron chi connectivity index (χ0n) is 20.1. The third-order valence-corrected chi connectivity index (χ3v) is 6.26. The SMILES string of the molecule is CCOc1ccc(-c2csc(NC(=O)C(C)OC(=O)c3ccc4nc(-c5cccnc5)[nH]c4c3)n2)cc1. The number of fused-ring (bicyclic) bond motifs is 1. The number of benzene rings is 2. The molecule has 0 fully saturated rings. The number of rotatable bonds is 8. The number of pyridine rings is 1. The normalized spacial score (nSPS) is 11.7. The number of ether oxygens (including phenoxy) is 2. The molecule has 1 amide bonds. The highest BCUT2D eigenvalue weighted by atomic mass is 32.1. The molecule has 10 heteroatoms. The minimum Gasteiger partial charge on any atom is -0.494 e. The highest BCUT2D eigenvalue weighted by molar-refractivity contribution is 7.14. The van der Waals surface area contributed by atoms with Crippen molar-refractivity contribution in [2.75, 3.05) is 11.9 Å². The van der Waals surface area contributed by atoms with Crippen molar-refractivity contribution in [1.82, 2.24) is 19.9 Å². The Morgan fingerprint density at radius 1 is 1.08 bits per heavy atom. The van der Waals surface area contributed by atoms with Gasteiger partial charge in [0.25, 0.3) is 5.91 Å². The van der Waals surface area contributed by atoms with E-state index in [0.29, 0.717) is 34.2 Å². The second-order valence-corrected chi connectivity index (χ2v) is 8.95. The Morgan fingerprint density at radius 2 is 1.92 bits per heavy atom. The summed E-state index contributed by atoms with van der Waals surface area (Å²) in [6, 6.07) is 16.3. The molecule has 0 aliphatic carbocycles. The second kappa shape index (κ2) is 10.6. The highest BCUT2D eigenvalue weighted by Crippen LogP contribution is 2.27. The molecule has 0 bridgehead atoms. The van der Waals surface area contributed by atoms with E-state index < -0.39 is 18.0 Å². The van der Waals surface area contributed by atoms with Crippen LogP contribution < -0.4 is 10.1 Å². The summed E-state index contributed by atoms with van der Waals surface area (Å²) in [4.78, 5) is 41.7. The Morgan fingerprint density at radius 3 is 2.68 bits per heavy atom. The van der Waals surface area contributed by atoms with Crippen LogP contribution >= 0.6 is 11.3 Å². The fourth-order valence-corrected chi connectivity index (χ4v) is 4.34. The van der Waals surface area contributed by atoms with Gasteiger partial charge in [0.15, 0.2) is 11.2 Å². The standard InChI is InChI=1S/C27H23N5O4S/c1-3-35-20-9-6-17(7-10-20)23-15-37-27(31-23)32-25(33)16(2)36-26(34)18-8-11-21-22(13-18)30-24(29-21)19-5-4-12-28-14-19/h4-16H,3H2,1-2H3,(H,29,30)(H,31,32,33). The van der Waals surface area contributed by atoms with E-state index in [1.807, 2.05) is 48.7 Å². The van der Waals surface area contributed by atoms with Crippen LogP contribution in [0.1, 0.15) is 24.2 Å². The molecule has 1 unspecified atom stereocenters. The summed E-state index contributed by atoms with van der Waals surface area (Å²) < 4.78 is 10.9. The predicted octanol–water partition coefficient (Wildman–Crippen LogP) is 5.33. The molecule has 3 heterocycles. The van der Waals surface area contributed by atoms with Gasteiger partial charge in [-0.25, -0.2) is 14.8 Å². The average molecular weight is 514 g/mol. The highest BCUT2D eigenvalue weighted by Gasteiger charge is 2.21. The van der Waals surface area contributed by atoms with Gasteiger partial charge in [-0.3, -0.25) is 15.1 Å². The molecular weight excluding hydrogens is 490 g/mol. The second-order valence-electron chi connectivity index (χ2n) is 8.09. The molecule has 3 aromatic heterocycles. The first-order valence-corrected chi connectivity index (χ1v) is 12.5. The summed E-state index contributed by atoms with van der Waals surface area (Å²) in [7, 11) is 0. The Kier molecular flexibility index (Phi) is 6.91. The number of thiazole rings is 1. The van der Waals surface area contributed by atoms with Crippen molar-refractivity contribution in [3.8, 4) is 28.4 Å². The van der Waals surface area contributed by atoms with Gasteiger partial charge in [-0.1, -0.05) is 0 Å². The molecule has 0 aliphatic rings. The van der Waals surface area contributed by atoms with E-state index in [1.165, 1.54) is 18.3 Å². The van der Waals surface area contributed by atoms with Crippen LogP contribution in [-0.2, 0) is 9.53 Å². The maximum atomic E-state index is 12.7. The smallest absolute Gasteiger partial charge is 0.338 e. The van der Waals surface area contributed by atoms with Gasteiger partial charge in [0, 0.05) is 28.9 Å². The van der Waals surface area contributed by atoms with Gasteiger partial charge in [0.1, 0.15) is 11.6 Å². The topological polar surface area (TPSA) is 119 Å². The number of esters is 1. The lowest BCUT2D eigenvalue weighted by atomic mass is 10.2. The molecule has 1 atom stereocenters. The number of carbonyl (C=O) groups excluding carboxylic acids is 2. The summed E-state index contributed by atoms with van der Waals surface area (Å²) in [5.74, 6) is 0.347. The Labute approximate surface area is 216 Å². The molecule has 0 saturated carbocycles. The number of anilines is 1. The molecule has 5 aromatic rings. The van der Waals surface area contributed by atoms with Gasteiger partial charge >= 0.3 is 5.97 Å². The third-order valence-electron chi connectivity index (χ3n) is 5.50. The molecular formula is C27H23N5O4S. The van der Waals surface area contributed by atoms with E-state index in [-0.39, 0.29) is 0 Å². The monoisotopic (exact) mass is 513 g/mol. The first-order chi connectivity index (χ1) is 18.0. The number of nitrogens with zero attached hydrogens (tertiary/aromatic N) is 3. The van der Waals surface area contributed by atoms with E-state index in [4.69, 9.17) is 9.47 Å². The zero-order chi connectivity index (χ0) is 25.8. The number of hydrogen-bond acceptors (Lipinski definition) is 8. The van der Waals surface area contributed by atoms with E-state index in [1.54, 1.807) is 30.6 Å². The number of aromatic amines is 1. The van der Waals surface area contributed by atoms with Gasteiger partial charge in [-0.15, -0.1) is 11.3 Å². The predicted molar refractivity (Wildman–Crippen MR) is 142 cm³/mol. The van der Waals surface area contributed by atoms with E-state index in [9.17, 15) is 9.59 Å². The molecule has 2 aromatic carbocycles. The Balaban J connectivity index is 1.21. The van der Waals surface area contributed by atoms with Crippen molar-refractivity contribution in [3.05, 3.63) is 77.9 Å². The van der Waals surface area contributed by atoms with Crippen LogP contribution in [0.4, 0.5) is 5.13 Å². The summed E-state index contributed by atoms with van der Waals surface area (Å²) >= 11 is 1.29. The van der Waals surface area contributed by atoms with E-state index >= 15 is 0 Å². The molecule has 0 aliphatic heterocycles. The van der Waals surface area contributed by atoms with Crippen molar-refractivity contribution in [2.24, 2.45) is 0 Å². The Bertz CT molecular complexity index is 1550. The largest absolute Gasteiger partial charge is 0.494 e. The van der Waals surface area contributed by atoms with Crippen LogP contribution in [0.15, 0.2) is 72.4 Å². The number of H-pyrrole nitrogens is 1. The number of hydrogen-bond donors (Lipinski definition) is 2. The summed E-state index contributed by atoms with van der Waals surface area (Å²) in [6.07, 6.45) is 2.37. The average Bonchev–Trinajstić information content (AvgIpc) is 3.56. The summed E-state index contributed by atoms with van der Waals surface area (Å²) in [5, 5.41) is 4.98. The van der Waals surface area contributed by atoms with Gasteiger partial charge in [-0.05, 0) is 68.4 Å². The zero-order valence-corrected chi connectivity index (χ0v) is 20.9. The number of aromatic nitrogens is 4. The number of imidazole rings is 1. The molecule has 0 spiro atoms. The lowest BCUT2D eigenvalue weighted by Crippen LogP contribution is -2.29. The fraction of sp³-hybridized carbons (Fsp3) is 0.148. The fourth-order valence-electron chi connectivity index (χ4n) is 3.62. The van der Waals surface area contributed by atoms with Crippen LogP contribution in [0.25, 0.3) is 33.7 Å². The molecule has 2 N–H and O–H groups in total. The van der Waals surface area contributed by atoms with Gasteiger partial charge in [-0.2, -0.15) is 0 Å². The lowest BCUT2D eigenvalue weighted by Gasteiger charge is -2.12. The van der Waals surface area contributed by atoms with Crippen molar-refractivity contribution < 1.29 is 19.1 Å². The molecule has 0 saturated heterocycles. The summed E-state index contributed by atoms with van der Waals surface area (Å²) in [6.45, 7) is 4.04. The van der Waals surface area contributed by atoms with Crippen LogP contribution in [0.2, 0.25) is 0 Å². The number of nitrogens with one attached hydrogen (secondary N) is 2. The van der Waals surface area contributed by atoms with Crippen LogP contribution in [0.3, 0.4) is 0 Å². The van der Waals surface area contributed by atoms with Crippen LogP contribution in [-0.4, -0.2) is 44.5 Å². The van der Waals surface area contributed by atoms with Crippen LogP contribution in [0.5, 0.6) is 5.75 Å². The number of carbonyl (C=O) groups is 2. The van der Waals surface area contributed by atoms with Gasteiger partial charge in [0.2, 0.25) is 0 Å². The summed E-state index contributed by atoms with van der Waals surface area (Å²) in [5.41, 5.74) is 4.15. The van der Waals surface area contributed by atoms with Crippen molar-refractivity contribution in [1.29, 1.82) is 0 Å². The molecule has 9 nitrogen and oxygen atoms in total. The Hall–Kier alpha value is -4.57. The minimum absolute atomic E-state index is 0.306.